The third-order valence-electron chi connectivity index (χ3n) is 2.71. The number of methoxy groups -OCH3 is 1. The van der Waals surface area contributed by atoms with Crippen LogP contribution in [0.4, 0.5) is 8.78 Å². The highest BCUT2D eigenvalue weighted by molar-refractivity contribution is 7.89. The standard InChI is InChI=1S/C13H18F2N2O5S/c1-22-8-10(18)6-17-23(20,21)11-4-2-9(3-5-11)13(19)16-7-12(14)15/h2-5,10,12,17-18H,6-8H2,1H3,(H,16,19). The van der Waals surface area contributed by atoms with Gasteiger partial charge in [-0.1, -0.05) is 0 Å². The number of carbonyl (C=O) groups is 1. The maximum Gasteiger partial charge on any atom is 0.255 e. The van der Waals surface area contributed by atoms with Crippen molar-refractivity contribution in [2.24, 2.45) is 0 Å². The number of rotatable bonds is 9. The highest BCUT2D eigenvalue weighted by Crippen LogP contribution is 2.10. The van der Waals surface area contributed by atoms with Crippen molar-refractivity contribution in [1.29, 1.82) is 0 Å². The van der Waals surface area contributed by atoms with Gasteiger partial charge in [0.15, 0.2) is 0 Å². The monoisotopic (exact) mass is 352 g/mol. The number of ether oxygens (including phenoxy) is 1. The number of aliphatic hydroxyl groups is 1. The van der Waals surface area contributed by atoms with Crippen LogP contribution in [0.3, 0.4) is 0 Å². The van der Waals surface area contributed by atoms with Crippen molar-refractivity contribution < 1.29 is 31.8 Å². The molecule has 1 rings (SSSR count). The number of halogens is 2. The Morgan fingerprint density at radius 3 is 2.39 bits per heavy atom. The number of carbonyl (C=O) groups excluding carboxylic acids is 1. The molecule has 1 aromatic carbocycles. The molecule has 23 heavy (non-hydrogen) atoms. The molecule has 0 aliphatic rings. The van der Waals surface area contributed by atoms with Gasteiger partial charge in [0, 0.05) is 19.2 Å². The molecular formula is C13H18F2N2O5S. The number of aliphatic hydroxyl groups excluding tert-OH is 1. The van der Waals surface area contributed by atoms with Crippen LogP contribution >= 0.6 is 0 Å². The molecule has 0 fully saturated rings. The van der Waals surface area contributed by atoms with Crippen LogP contribution in [0.5, 0.6) is 0 Å². The van der Waals surface area contributed by atoms with Gasteiger partial charge >= 0.3 is 0 Å². The lowest BCUT2D eigenvalue weighted by molar-refractivity contribution is 0.0679. The summed E-state index contributed by atoms with van der Waals surface area (Å²) in [5.41, 5.74) is 0.0593. The third-order valence-corrected chi connectivity index (χ3v) is 4.15. The highest BCUT2D eigenvalue weighted by atomic mass is 32.2. The second-order valence-corrected chi connectivity index (χ2v) is 6.35. The van der Waals surface area contributed by atoms with Crippen molar-refractivity contribution in [3.8, 4) is 0 Å². The first-order valence-electron chi connectivity index (χ1n) is 6.59. The van der Waals surface area contributed by atoms with Crippen LogP contribution in [0.2, 0.25) is 0 Å². The molecule has 0 heterocycles. The molecule has 7 nitrogen and oxygen atoms in total. The van der Waals surface area contributed by atoms with E-state index in [1.54, 1.807) is 0 Å². The molecule has 1 atom stereocenters. The zero-order valence-corrected chi connectivity index (χ0v) is 13.1. The lowest BCUT2D eigenvalue weighted by atomic mass is 10.2. The molecule has 10 heteroatoms. The largest absolute Gasteiger partial charge is 0.389 e. The molecule has 1 amide bonds. The molecule has 130 valence electrons. The van der Waals surface area contributed by atoms with Crippen molar-refractivity contribution in [3.63, 3.8) is 0 Å². The van der Waals surface area contributed by atoms with Gasteiger partial charge in [-0.3, -0.25) is 4.79 Å². The Morgan fingerprint density at radius 2 is 1.87 bits per heavy atom. The van der Waals surface area contributed by atoms with E-state index < -0.39 is 35.0 Å². The topological polar surface area (TPSA) is 105 Å². The summed E-state index contributed by atoms with van der Waals surface area (Å²) in [6.45, 7) is -1.03. The molecule has 0 bridgehead atoms. The van der Waals surface area contributed by atoms with E-state index in [1.165, 1.54) is 31.4 Å². The van der Waals surface area contributed by atoms with Crippen LogP contribution in [0.25, 0.3) is 0 Å². The summed E-state index contributed by atoms with van der Waals surface area (Å²) in [5, 5.41) is 11.4. The first kappa shape index (κ1) is 19.4. The molecule has 0 aliphatic heterocycles. The van der Waals surface area contributed by atoms with Crippen LogP contribution in [0.15, 0.2) is 29.2 Å². The average Bonchev–Trinajstić information content (AvgIpc) is 2.51. The Hall–Kier alpha value is -1.62. The number of nitrogens with one attached hydrogen (secondary N) is 2. The van der Waals surface area contributed by atoms with Crippen LogP contribution in [-0.2, 0) is 14.8 Å². The first-order valence-corrected chi connectivity index (χ1v) is 8.07. The summed E-state index contributed by atoms with van der Waals surface area (Å²) in [4.78, 5) is 11.4. The molecule has 0 aromatic heterocycles. The molecule has 3 N–H and O–H groups in total. The van der Waals surface area contributed by atoms with E-state index in [0.717, 1.165) is 0 Å². The van der Waals surface area contributed by atoms with E-state index in [1.807, 2.05) is 5.32 Å². The SMILES string of the molecule is COCC(O)CNS(=O)(=O)c1ccc(C(=O)NCC(F)F)cc1. The summed E-state index contributed by atoms with van der Waals surface area (Å²) in [6.07, 6.45) is -3.66. The summed E-state index contributed by atoms with van der Waals surface area (Å²) < 4.78 is 54.8. The van der Waals surface area contributed by atoms with Crippen LogP contribution in [0.1, 0.15) is 10.4 Å². The number of benzene rings is 1. The summed E-state index contributed by atoms with van der Waals surface area (Å²) >= 11 is 0. The maximum atomic E-state index is 12.0. The van der Waals surface area contributed by atoms with Crippen LogP contribution in [-0.4, -0.2) is 58.8 Å². The van der Waals surface area contributed by atoms with Gasteiger partial charge in [-0.15, -0.1) is 0 Å². The zero-order valence-electron chi connectivity index (χ0n) is 12.3. The smallest absolute Gasteiger partial charge is 0.255 e. The Kier molecular flexibility index (Phi) is 7.49. The average molecular weight is 352 g/mol. The lowest BCUT2D eigenvalue weighted by Crippen LogP contribution is -2.34. The van der Waals surface area contributed by atoms with Gasteiger partial charge in [0.05, 0.1) is 24.2 Å². The second kappa shape index (κ2) is 8.87. The maximum absolute atomic E-state index is 12.0. The molecule has 0 spiro atoms. The summed E-state index contributed by atoms with van der Waals surface area (Å²) in [5.74, 6) is -0.724. The van der Waals surface area contributed by atoms with Gasteiger partial charge in [0.2, 0.25) is 10.0 Å². The van der Waals surface area contributed by atoms with Gasteiger partial charge in [-0.05, 0) is 24.3 Å². The van der Waals surface area contributed by atoms with E-state index in [-0.39, 0.29) is 23.6 Å². The van der Waals surface area contributed by atoms with Crippen molar-refractivity contribution in [3.05, 3.63) is 29.8 Å². The molecule has 0 saturated carbocycles. The van der Waals surface area contributed by atoms with E-state index in [4.69, 9.17) is 0 Å². The van der Waals surface area contributed by atoms with E-state index in [2.05, 4.69) is 9.46 Å². The van der Waals surface area contributed by atoms with Crippen LogP contribution < -0.4 is 10.0 Å². The van der Waals surface area contributed by atoms with Gasteiger partial charge in [0.25, 0.3) is 12.3 Å². The fourth-order valence-electron chi connectivity index (χ4n) is 1.60. The van der Waals surface area contributed by atoms with Gasteiger partial charge in [-0.2, -0.15) is 0 Å². The minimum absolute atomic E-state index is 0.0221. The first-order chi connectivity index (χ1) is 10.8. The number of hydrogen-bond donors (Lipinski definition) is 3. The number of sulfonamides is 1. The lowest BCUT2D eigenvalue weighted by Gasteiger charge is -2.11. The van der Waals surface area contributed by atoms with Crippen molar-refractivity contribution in [1.82, 2.24) is 10.0 Å². The molecule has 0 radical (unpaired) electrons. The summed E-state index contributed by atoms with van der Waals surface area (Å²) in [6, 6.07) is 4.76. The van der Waals surface area contributed by atoms with Crippen molar-refractivity contribution in [2.75, 3.05) is 26.8 Å². The zero-order chi connectivity index (χ0) is 17.5. The Labute approximate surface area is 132 Å². The second-order valence-electron chi connectivity index (χ2n) is 4.59. The predicted octanol–water partition coefficient (Wildman–Crippen LogP) is -0.0329. The number of alkyl halides is 2. The molecule has 1 aromatic rings. The fourth-order valence-corrected chi connectivity index (χ4v) is 2.67. The van der Waals surface area contributed by atoms with Crippen LogP contribution in [0, 0.1) is 0 Å². The molecular weight excluding hydrogens is 334 g/mol. The Morgan fingerprint density at radius 1 is 1.26 bits per heavy atom. The third kappa shape index (κ3) is 6.57. The molecule has 0 aliphatic carbocycles. The number of amides is 1. The fraction of sp³-hybridized carbons (Fsp3) is 0.462. The minimum Gasteiger partial charge on any atom is -0.389 e. The van der Waals surface area contributed by atoms with Gasteiger partial charge < -0.3 is 15.2 Å². The van der Waals surface area contributed by atoms with Crippen molar-refractivity contribution in [2.45, 2.75) is 17.4 Å². The highest BCUT2D eigenvalue weighted by Gasteiger charge is 2.17. The molecule has 1 unspecified atom stereocenters. The summed E-state index contributed by atoms with van der Waals surface area (Å²) in [7, 11) is -2.49. The quantitative estimate of drug-likeness (QED) is 0.579. The van der Waals surface area contributed by atoms with E-state index in [0.29, 0.717) is 0 Å². The van der Waals surface area contributed by atoms with Gasteiger partial charge in [-0.25, -0.2) is 21.9 Å². The number of hydrogen-bond acceptors (Lipinski definition) is 5. The van der Waals surface area contributed by atoms with Gasteiger partial charge in [0.1, 0.15) is 0 Å². The predicted molar refractivity (Wildman–Crippen MR) is 77.9 cm³/mol. The van der Waals surface area contributed by atoms with Crippen molar-refractivity contribution >= 4 is 15.9 Å². The van der Waals surface area contributed by atoms with E-state index in [9.17, 15) is 27.1 Å². The van der Waals surface area contributed by atoms with E-state index >= 15 is 0 Å². The Balaban J connectivity index is 2.69. The Bertz CT molecular complexity index is 607. The minimum atomic E-state index is -3.86. The normalized spacial score (nSPS) is 13.1. The molecule has 0 saturated heterocycles.